The number of piperidine rings is 1. The molecule has 3 nitrogen and oxygen atoms in total. The van der Waals surface area contributed by atoms with E-state index in [0.717, 1.165) is 23.8 Å². The Balaban J connectivity index is 2.10. The average molecular weight is 287 g/mol. The molecule has 0 amide bonds. The maximum Gasteiger partial charge on any atom is 0.134 e. The molecule has 1 saturated heterocycles. The van der Waals surface area contributed by atoms with Crippen molar-refractivity contribution in [3.8, 4) is 17.6 Å². The van der Waals surface area contributed by atoms with Crippen molar-refractivity contribution in [2.75, 3.05) is 26.8 Å². The number of nitrogens with zero attached hydrogens (tertiary/aromatic N) is 1. The number of benzene rings is 1. The molecule has 1 heterocycles. The number of hydrogen-bond acceptors (Lipinski definition) is 3. The SMILES string of the molecule is COc1ccc(CN2CCCC(C)C2)cc1C#CCCO. The zero-order valence-electron chi connectivity index (χ0n) is 13.1. The van der Waals surface area contributed by atoms with Crippen LogP contribution in [0.1, 0.15) is 37.3 Å². The molecule has 2 rings (SSSR count). The number of methoxy groups -OCH3 is 1. The first-order valence-electron chi connectivity index (χ1n) is 7.72. The minimum atomic E-state index is 0.0979. The van der Waals surface area contributed by atoms with Gasteiger partial charge in [0.25, 0.3) is 0 Å². The third-order valence-corrected chi connectivity index (χ3v) is 3.87. The van der Waals surface area contributed by atoms with E-state index in [1.807, 2.05) is 6.07 Å². The van der Waals surface area contributed by atoms with Crippen LogP contribution >= 0.6 is 0 Å². The van der Waals surface area contributed by atoms with Gasteiger partial charge < -0.3 is 9.84 Å². The predicted octanol–water partition coefficient (Wildman–Crippen LogP) is 2.66. The number of ether oxygens (including phenoxy) is 1. The van der Waals surface area contributed by atoms with Crippen molar-refractivity contribution in [2.45, 2.75) is 32.7 Å². The van der Waals surface area contributed by atoms with Crippen molar-refractivity contribution < 1.29 is 9.84 Å². The molecular weight excluding hydrogens is 262 g/mol. The van der Waals surface area contributed by atoms with Crippen LogP contribution in [-0.2, 0) is 6.54 Å². The first-order valence-corrected chi connectivity index (χ1v) is 7.72. The summed E-state index contributed by atoms with van der Waals surface area (Å²) < 4.78 is 5.36. The Labute approximate surface area is 127 Å². The van der Waals surface area contributed by atoms with Gasteiger partial charge in [-0.3, -0.25) is 4.90 Å². The van der Waals surface area contributed by atoms with Gasteiger partial charge in [0.05, 0.1) is 19.3 Å². The van der Waals surface area contributed by atoms with Crippen LogP contribution in [0.5, 0.6) is 5.75 Å². The molecule has 3 heteroatoms. The van der Waals surface area contributed by atoms with Crippen LogP contribution in [0.3, 0.4) is 0 Å². The van der Waals surface area contributed by atoms with E-state index in [0.29, 0.717) is 6.42 Å². The molecule has 1 aliphatic rings. The molecule has 0 bridgehead atoms. The fourth-order valence-electron chi connectivity index (χ4n) is 2.85. The third-order valence-electron chi connectivity index (χ3n) is 3.87. The van der Waals surface area contributed by atoms with E-state index < -0.39 is 0 Å². The summed E-state index contributed by atoms with van der Waals surface area (Å²) in [4.78, 5) is 2.51. The molecule has 21 heavy (non-hydrogen) atoms. The van der Waals surface area contributed by atoms with Gasteiger partial charge in [0.15, 0.2) is 0 Å². The topological polar surface area (TPSA) is 32.7 Å². The Bertz CT molecular complexity index is 516. The minimum Gasteiger partial charge on any atom is -0.495 e. The molecule has 0 aliphatic carbocycles. The van der Waals surface area contributed by atoms with E-state index >= 15 is 0 Å². The molecule has 1 aromatic carbocycles. The van der Waals surface area contributed by atoms with E-state index in [1.165, 1.54) is 31.5 Å². The summed E-state index contributed by atoms with van der Waals surface area (Å²) >= 11 is 0. The number of rotatable bonds is 4. The van der Waals surface area contributed by atoms with E-state index in [1.54, 1.807) is 7.11 Å². The van der Waals surface area contributed by atoms with Crippen LogP contribution in [0.15, 0.2) is 18.2 Å². The molecule has 0 saturated carbocycles. The highest BCUT2D eigenvalue weighted by Crippen LogP contribution is 2.22. The molecule has 1 atom stereocenters. The monoisotopic (exact) mass is 287 g/mol. The third kappa shape index (κ3) is 4.77. The second-order valence-corrected chi connectivity index (χ2v) is 5.79. The summed E-state index contributed by atoms with van der Waals surface area (Å²) in [6.07, 6.45) is 3.13. The second kappa shape index (κ2) is 8.07. The lowest BCUT2D eigenvalue weighted by molar-refractivity contribution is 0.176. The fourth-order valence-corrected chi connectivity index (χ4v) is 2.85. The van der Waals surface area contributed by atoms with Crippen LogP contribution < -0.4 is 4.74 Å². The van der Waals surface area contributed by atoms with Crippen molar-refractivity contribution in [1.29, 1.82) is 0 Å². The van der Waals surface area contributed by atoms with Gasteiger partial charge in [-0.2, -0.15) is 0 Å². The lowest BCUT2D eigenvalue weighted by atomic mass is 9.99. The average Bonchev–Trinajstić information content (AvgIpc) is 2.48. The maximum absolute atomic E-state index is 8.83. The summed E-state index contributed by atoms with van der Waals surface area (Å²) in [5.41, 5.74) is 2.19. The Morgan fingerprint density at radius 2 is 2.29 bits per heavy atom. The standard InChI is InChI=1S/C18H25NO2/c1-15-6-5-10-19(13-15)14-16-8-9-18(21-2)17(12-16)7-3-4-11-20/h8-9,12,15,20H,4-6,10-11,13-14H2,1-2H3. The molecule has 1 unspecified atom stereocenters. The highest BCUT2D eigenvalue weighted by atomic mass is 16.5. The van der Waals surface area contributed by atoms with Crippen molar-refractivity contribution in [3.05, 3.63) is 29.3 Å². The van der Waals surface area contributed by atoms with Crippen molar-refractivity contribution in [2.24, 2.45) is 5.92 Å². The number of hydrogen-bond donors (Lipinski definition) is 1. The molecular formula is C18H25NO2. The molecule has 1 aromatic rings. The summed E-state index contributed by atoms with van der Waals surface area (Å²) in [6, 6.07) is 6.23. The largest absolute Gasteiger partial charge is 0.495 e. The summed E-state index contributed by atoms with van der Waals surface area (Å²) in [5.74, 6) is 7.66. The number of aliphatic hydroxyl groups excluding tert-OH is 1. The van der Waals surface area contributed by atoms with Gasteiger partial charge >= 0.3 is 0 Å². The van der Waals surface area contributed by atoms with Gasteiger partial charge in [-0.15, -0.1) is 0 Å². The summed E-state index contributed by atoms with van der Waals surface area (Å²) in [6.45, 7) is 5.76. The Kier molecular flexibility index (Phi) is 6.10. The highest BCUT2D eigenvalue weighted by Gasteiger charge is 2.16. The second-order valence-electron chi connectivity index (χ2n) is 5.79. The Morgan fingerprint density at radius 3 is 3.00 bits per heavy atom. The van der Waals surface area contributed by atoms with Gasteiger partial charge in [0, 0.05) is 19.5 Å². The summed E-state index contributed by atoms with van der Waals surface area (Å²) in [5, 5.41) is 8.83. The first-order chi connectivity index (χ1) is 10.2. The molecule has 0 spiro atoms. The van der Waals surface area contributed by atoms with Gasteiger partial charge in [-0.1, -0.05) is 24.8 Å². The molecule has 1 aliphatic heterocycles. The Morgan fingerprint density at radius 1 is 1.43 bits per heavy atom. The van der Waals surface area contributed by atoms with E-state index in [-0.39, 0.29) is 6.61 Å². The van der Waals surface area contributed by atoms with E-state index in [4.69, 9.17) is 9.84 Å². The van der Waals surface area contributed by atoms with Crippen molar-refractivity contribution >= 4 is 0 Å². The number of aliphatic hydroxyl groups is 1. The molecule has 1 N–H and O–H groups in total. The normalized spacial score (nSPS) is 18.9. The predicted molar refractivity (Wildman–Crippen MR) is 85.2 cm³/mol. The van der Waals surface area contributed by atoms with Gasteiger partial charge in [-0.25, -0.2) is 0 Å². The zero-order chi connectivity index (χ0) is 15.1. The maximum atomic E-state index is 8.83. The number of likely N-dealkylation sites (tertiary alicyclic amines) is 1. The van der Waals surface area contributed by atoms with Crippen LogP contribution in [0.2, 0.25) is 0 Å². The van der Waals surface area contributed by atoms with E-state index in [2.05, 4.69) is 35.8 Å². The lowest BCUT2D eigenvalue weighted by Crippen LogP contribution is -2.33. The van der Waals surface area contributed by atoms with Gasteiger partial charge in [0.1, 0.15) is 5.75 Å². The van der Waals surface area contributed by atoms with Crippen molar-refractivity contribution in [3.63, 3.8) is 0 Å². The first kappa shape index (κ1) is 15.9. The Hall–Kier alpha value is -1.50. The van der Waals surface area contributed by atoms with Crippen LogP contribution in [-0.4, -0.2) is 36.8 Å². The van der Waals surface area contributed by atoms with Gasteiger partial charge in [-0.05, 0) is 43.0 Å². The zero-order valence-corrected chi connectivity index (χ0v) is 13.1. The summed E-state index contributed by atoms with van der Waals surface area (Å²) in [7, 11) is 1.67. The molecule has 0 aromatic heterocycles. The van der Waals surface area contributed by atoms with Crippen LogP contribution in [0.25, 0.3) is 0 Å². The smallest absolute Gasteiger partial charge is 0.134 e. The van der Waals surface area contributed by atoms with Gasteiger partial charge in [0.2, 0.25) is 0 Å². The molecule has 114 valence electrons. The quantitative estimate of drug-likeness (QED) is 0.864. The fraction of sp³-hybridized carbons (Fsp3) is 0.556. The van der Waals surface area contributed by atoms with E-state index in [9.17, 15) is 0 Å². The highest BCUT2D eigenvalue weighted by molar-refractivity contribution is 5.48. The minimum absolute atomic E-state index is 0.0979. The van der Waals surface area contributed by atoms with Crippen LogP contribution in [0, 0.1) is 17.8 Å². The van der Waals surface area contributed by atoms with Crippen molar-refractivity contribution in [1.82, 2.24) is 4.90 Å². The molecule has 1 fully saturated rings. The molecule has 0 radical (unpaired) electrons. The lowest BCUT2D eigenvalue weighted by Gasteiger charge is -2.30. The van der Waals surface area contributed by atoms with Crippen LogP contribution in [0.4, 0.5) is 0 Å².